The predicted molar refractivity (Wildman–Crippen MR) is 48.3 cm³/mol. The maximum atomic E-state index is 12.5. The van der Waals surface area contributed by atoms with Crippen molar-refractivity contribution >= 4 is 0 Å². The molecule has 0 aliphatic carbocycles. The van der Waals surface area contributed by atoms with Gasteiger partial charge in [-0.1, -0.05) is 0 Å². The average molecular weight is 250 g/mol. The highest BCUT2D eigenvalue weighted by Crippen LogP contribution is 2.33. The summed E-state index contributed by atoms with van der Waals surface area (Å²) in [6, 6.07) is 1.92. The van der Waals surface area contributed by atoms with Crippen LogP contribution in [0.2, 0.25) is 0 Å². The molecule has 17 heavy (non-hydrogen) atoms. The molecule has 92 valence electrons. The summed E-state index contributed by atoms with van der Waals surface area (Å²) in [5.41, 5.74) is -2.48. The van der Waals surface area contributed by atoms with Crippen molar-refractivity contribution in [3.05, 3.63) is 28.6 Å². The number of alkyl halides is 5. The molecule has 0 atom stereocenters. The first-order chi connectivity index (χ1) is 7.77. The maximum Gasteiger partial charge on any atom is 0.433 e. The third-order valence-corrected chi connectivity index (χ3v) is 2.19. The van der Waals surface area contributed by atoms with E-state index < -0.39 is 30.3 Å². The molecule has 0 radical (unpaired) electrons. The third-order valence-electron chi connectivity index (χ3n) is 2.19. The molecule has 0 unspecified atom stereocenters. The Bertz CT molecular complexity index is 459. The van der Waals surface area contributed by atoms with Gasteiger partial charge in [-0.15, -0.1) is 0 Å². The van der Waals surface area contributed by atoms with Crippen molar-refractivity contribution in [2.75, 3.05) is 0 Å². The Balaban J connectivity index is 3.43. The van der Waals surface area contributed by atoms with Crippen LogP contribution in [0.4, 0.5) is 22.0 Å². The van der Waals surface area contributed by atoms with Gasteiger partial charge in [-0.2, -0.15) is 18.4 Å². The van der Waals surface area contributed by atoms with Gasteiger partial charge in [-0.3, -0.25) is 0 Å². The Morgan fingerprint density at radius 3 is 2.41 bits per heavy atom. The quantitative estimate of drug-likeness (QED) is 0.754. The summed E-state index contributed by atoms with van der Waals surface area (Å²) < 4.78 is 62.3. The molecule has 2 nitrogen and oxygen atoms in total. The molecule has 0 saturated heterocycles. The molecule has 0 aliphatic rings. The number of halogens is 5. The molecule has 0 spiro atoms. The Morgan fingerprint density at radius 2 is 2.00 bits per heavy atom. The summed E-state index contributed by atoms with van der Waals surface area (Å²) in [5.74, 6) is 0. The summed E-state index contributed by atoms with van der Waals surface area (Å²) in [6.07, 6.45) is -8.27. The van der Waals surface area contributed by atoms with Crippen molar-refractivity contribution in [1.82, 2.24) is 4.98 Å². The van der Waals surface area contributed by atoms with E-state index in [2.05, 4.69) is 4.98 Å². The molecular formula is C10H7F5N2. The van der Waals surface area contributed by atoms with Gasteiger partial charge in [0.15, 0.2) is 0 Å². The largest absolute Gasteiger partial charge is 0.433 e. The van der Waals surface area contributed by atoms with Crippen LogP contribution in [-0.4, -0.2) is 4.98 Å². The molecule has 1 aromatic rings. The molecule has 0 amide bonds. The van der Waals surface area contributed by atoms with Gasteiger partial charge in [-0.25, -0.2) is 13.8 Å². The topological polar surface area (TPSA) is 36.7 Å². The van der Waals surface area contributed by atoms with E-state index in [1.165, 1.54) is 6.92 Å². The molecule has 1 rings (SSSR count). The van der Waals surface area contributed by atoms with E-state index in [1.54, 1.807) is 6.07 Å². The van der Waals surface area contributed by atoms with E-state index in [-0.39, 0.29) is 11.3 Å². The Labute approximate surface area is 93.7 Å². The molecule has 7 heteroatoms. The number of pyridine rings is 1. The Morgan fingerprint density at radius 1 is 1.41 bits per heavy atom. The van der Waals surface area contributed by atoms with Crippen molar-refractivity contribution < 1.29 is 22.0 Å². The van der Waals surface area contributed by atoms with Crippen LogP contribution in [0.3, 0.4) is 0 Å². The van der Waals surface area contributed by atoms with E-state index in [0.717, 1.165) is 0 Å². The molecule has 0 saturated carbocycles. The van der Waals surface area contributed by atoms with Gasteiger partial charge in [0.25, 0.3) is 6.43 Å². The van der Waals surface area contributed by atoms with Gasteiger partial charge in [-0.05, 0) is 18.6 Å². The van der Waals surface area contributed by atoms with Crippen LogP contribution in [0, 0.1) is 18.3 Å². The van der Waals surface area contributed by atoms with Crippen LogP contribution >= 0.6 is 0 Å². The Hall–Kier alpha value is -1.71. The lowest BCUT2D eigenvalue weighted by atomic mass is 10.0. The van der Waals surface area contributed by atoms with Crippen molar-refractivity contribution in [3.8, 4) is 6.07 Å². The van der Waals surface area contributed by atoms with Crippen LogP contribution in [-0.2, 0) is 12.6 Å². The third kappa shape index (κ3) is 2.90. The van der Waals surface area contributed by atoms with Crippen LogP contribution in [0.5, 0.6) is 0 Å². The normalized spacial score (nSPS) is 11.6. The highest BCUT2D eigenvalue weighted by atomic mass is 19.4. The monoisotopic (exact) mass is 250 g/mol. The maximum absolute atomic E-state index is 12.5. The summed E-state index contributed by atoms with van der Waals surface area (Å²) in [4.78, 5) is 3.20. The summed E-state index contributed by atoms with van der Waals surface area (Å²) in [7, 11) is 0. The van der Waals surface area contributed by atoms with Crippen LogP contribution in [0.1, 0.15) is 28.9 Å². The zero-order valence-electron chi connectivity index (χ0n) is 8.65. The standard InChI is InChI=1S/C10H7F5N2/c1-5-6(9(11)12)4-8(10(13,14)15)17-7(5)2-3-16/h4,9H,2H2,1H3. The number of nitrogens with zero attached hydrogens (tertiary/aromatic N) is 2. The molecule has 0 bridgehead atoms. The second kappa shape index (κ2) is 4.65. The highest BCUT2D eigenvalue weighted by Gasteiger charge is 2.34. The number of rotatable bonds is 2. The number of hydrogen-bond acceptors (Lipinski definition) is 2. The average Bonchev–Trinajstić information content (AvgIpc) is 2.19. The lowest BCUT2D eigenvalue weighted by Crippen LogP contribution is -2.12. The van der Waals surface area contributed by atoms with Gasteiger partial charge < -0.3 is 0 Å². The highest BCUT2D eigenvalue weighted by molar-refractivity contribution is 5.34. The fourth-order valence-corrected chi connectivity index (χ4v) is 1.30. The molecule has 1 aromatic heterocycles. The zero-order valence-corrected chi connectivity index (χ0v) is 8.65. The van der Waals surface area contributed by atoms with Crippen molar-refractivity contribution in [1.29, 1.82) is 5.26 Å². The number of aromatic nitrogens is 1. The number of nitriles is 1. The second-order valence-corrected chi connectivity index (χ2v) is 3.30. The van der Waals surface area contributed by atoms with Gasteiger partial charge in [0, 0.05) is 5.56 Å². The molecular weight excluding hydrogens is 243 g/mol. The van der Waals surface area contributed by atoms with Crippen molar-refractivity contribution in [2.24, 2.45) is 0 Å². The number of hydrogen-bond donors (Lipinski definition) is 0. The van der Waals surface area contributed by atoms with Crippen LogP contribution < -0.4 is 0 Å². The van der Waals surface area contributed by atoms with Gasteiger partial charge in [0.2, 0.25) is 0 Å². The molecule has 1 heterocycles. The summed E-state index contributed by atoms with van der Waals surface area (Å²) in [5, 5.41) is 8.41. The van der Waals surface area contributed by atoms with Crippen molar-refractivity contribution in [3.63, 3.8) is 0 Å². The molecule has 0 aromatic carbocycles. The smallest absolute Gasteiger partial charge is 0.247 e. The van der Waals surface area contributed by atoms with E-state index in [1.807, 2.05) is 0 Å². The lowest BCUT2D eigenvalue weighted by Gasteiger charge is -2.13. The molecule has 0 fully saturated rings. The zero-order chi connectivity index (χ0) is 13.2. The van der Waals surface area contributed by atoms with Gasteiger partial charge >= 0.3 is 6.18 Å². The summed E-state index contributed by atoms with van der Waals surface area (Å²) >= 11 is 0. The summed E-state index contributed by atoms with van der Waals surface area (Å²) in [6.45, 7) is 1.22. The van der Waals surface area contributed by atoms with Gasteiger partial charge in [0.1, 0.15) is 5.69 Å². The first-order valence-electron chi connectivity index (χ1n) is 4.50. The van der Waals surface area contributed by atoms with E-state index in [9.17, 15) is 22.0 Å². The van der Waals surface area contributed by atoms with Crippen LogP contribution in [0.15, 0.2) is 6.07 Å². The van der Waals surface area contributed by atoms with Gasteiger partial charge in [0.05, 0.1) is 18.2 Å². The predicted octanol–water partition coefficient (Wildman–Crippen LogP) is 3.41. The fourth-order valence-electron chi connectivity index (χ4n) is 1.30. The molecule has 0 N–H and O–H groups in total. The molecule has 0 aliphatic heterocycles. The second-order valence-electron chi connectivity index (χ2n) is 3.30. The fraction of sp³-hybridized carbons (Fsp3) is 0.400. The first kappa shape index (κ1) is 13.4. The Kier molecular flexibility index (Phi) is 3.66. The SMILES string of the molecule is Cc1c(C(F)F)cc(C(F)(F)F)nc1CC#N. The van der Waals surface area contributed by atoms with E-state index >= 15 is 0 Å². The lowest BCUT2D eigenvalue weighted by molar-refractivity contribution is -0.141. The van der Waals surface area contributed by atoms with Crippen LogP contribution in [0.25, 0.3) is 0 Å². The van der Waals surface area contributed by atoms with E-state index in [4.69, 9.17) is 5.26 Å². The van der Waals surface area contributed by atoms with Crippen molar-refractivity contribution in [2.45, 2.75) is 25.9 Å². The minimum absolute atomic E-state index is 0.0745. The minimum atomic E-state index is -4.80. The van der Waals surface area contributed by atoms with E-state index in [0.29, 0.717) is 6.07 Å². The first-order valence-corrected chi connectivity index (χ1v) is 4.50. The minimum Gasteiger partial charge on any atom is -0.247 e.